The third-order valence-corrected chi connectivity index (χ3v) is 12.2. The summed E-state index contributed by atoms with van der Waals surface area (Å²) in [5, 5.41) is 16.2. The van der Waals surface area contributed by atoms with Crippen molar-refractivity contribution in [1.29, 1.82) is 0 Å². The van der Waals surface area contributed by atoms with Crippen LogP contribution in [0.4, 0.5) is 4.79 Å². The summed E-state index contributed by atoms with van der Waals surface area (Å²) in [4.78, 5) is 39.8. The Morgan fingerprint density at radius 1 is 1.25 bits per heavy atom. The zero-order chi connectivity index (χ0) is 24.9. The molecule has 2 heterocycles. The molecule has 0 saturated carbocycles. The number of hydrogen-bond acceptors (Lipinski definition) is 7. The van der Waals surface area contributed by atoms with Crippen LogP contribution in [0.3, 0.4) is 0 Å². The predicted molar refractivity (Wildman–Crippen MR) is 132 cm³/mol. The van der Waals surface area contributed by atoms with Crippen LogP contribution in [0.25, 0.3) is 0 Å². The van der Waals surface area contributed by atoms with Crippen molar-refractivity contribution < 1.29 is 28.7 Å². The van der Waals surface area contributed by atoms with Crippen molar-refractivity contribution in [2.75, 3.05) is 13.2 Å². The molecule has 11 heteroatoms. The summed E-state index contributed by atoms with van der Waals surface area (Å²) in [6.45, 7) is 17.7. The number of imide groups is 1. The molecule has 2 aliphatic heterocycles. The average Bonchev–Trinajstić information content (AvgIpc) is 2.92. The first-order valence-corrected chi connectivity index (χ1v) is 14.8. The number of carbonyl (C=O) groups is 3. The molecule has 2 aliphatic rings. The number of piperazine rings is 1. The number of nitrogens with zero attached hydrogens (tertiary/aromatic N) is 3. The topological polar surface area (TPSA) is 109 Å². The highest BCUT2D eigenvalue weighted by Gasteiger charge is 2.63. The SMILES string of the molecule is CCC1(C(=O)O)C(I)=NN2C(CO[Si](C)(C)C(C)(C)C)CN(C(=O)OC(C)(C)C)C(=O)C21. The minimum Gasteiger partial charge on any atom is -0.480 e. The van der Waals surface area contributed by atoms with E-state index in [0.29, 0.717) is 3.72 Å². The number of aliphatic carboxylic acids is 1. The number of amides is 2. The van der Waals surface area contributed by atoms with E-state index in [1.165, 1.54) is 0 Å². The number of hydrazone groups is 1. The lowest BCUT2D eigenvalue weighted by molar-refractivity contribution is -0.160. The van der Waals surface area contributed by atoms with Crippen molar-refractivity contribution in [2.24, 2.45) is 10.5 Å². The van der Waals surface area contributed by atoms with Gasteiger partial charge in [0.15, 0.2) is 8.32 Å². The summed E-state index contributed by atoms with van der Waals surface area (Å²) >= 11 is 1.90. The van der Waals surface area contributed by atoms with Crippen molar-refractivity contribution in [3.8, 4) is 0 Å². The van der Waals surface area contributed by atoms with Crippen LogP contribution >= 0.6 is 22.6 Å². The van der Waals surface area contributed by atoms with Crippen molar-refractivity contribution in [1.82, 2.24) is 9.91 Å². The Labute approximate surface area is 205 Å². The van der Waals surface area contributed by atoms with Crippen LogP contribution in [0.15, 0.2) is 5.10 Å². The number of ether oxygens (including phenoxy) is 1. The quantitative estimate of drug-likeness (QED) is 0.385. The van der Waals surface area contributed by atoms with Crippen molar-refractivity contribution in [2.45, 2.75) is 90.7 Å². The lowest BCUT2D eigenvalue weighted by atomic mass is 9.77. The molecule has 3 unspecified atom stereocenters. The fraction of sp³-hybridized carbons (Fsp3) is 0.810. The number of hydrogen-bond donors (Lipinski definition) is 1. The summed E-state index contributed by atoms with van der Waals surface area (Å²) < 4.78 is 12.2. The van der Waals surface area contributed by atoms with E-state index >= 15 is 0 Å². The van der Waals surface area contributed by atoms with Gasteiger partial charge in [0.2, 0.25) is 0 Å². The molecule has 1 saturated heterocycles. The molecule has 0 radical (unpaired) electrons. The van der Waals surface area contributed by atoms with Crippen molar-refractivity contribution >= 4 is 52.6 Å². The third-order valence-electron chi connectivity index (χ3n) is 6.57. The first-order valence-electron chi connectivity index (χ1n) is 10.8. The van der Waals surface area contributed by atoms with Gasteiger partial charge in [0.25, 0.3) is 5.91 Å². The highest BCUT2D eigenvalue weighted by atomic mass is 127. The average molecular weight is 582 g/mol. The number of carbonyl (C=O) groups excluding carboxylic acids is 2. The largest absolute Gasteiger partial charge is 0.480 e. The summed E-state index contributed by atoms with van der Waals surface area (Å²) in [6, 6.07) is -1.61. The number of carboxylic acids is 1. The molecule has 0 aliphatic carbocycles. The van der Waals surface area contributed by atoms with Gasteiger partial charge in [0, 0.05) is 0 Å². The summed E-state index contributed by atoms with van der Waals surface area (Å²) in [5.41, 5.74) is -2.32. The van der Waals surface area contributed by atoms with Crippen molar-refractivity contribution in [3.05, 3.63) is 0 Å². The lowest BCUT2D eigenvalue weighted by Gasteiger charge is -2.46. The van der Waals surface area contributed by atoms with Gasteiger partial charge in [-0.15, -0.1) is 0 Å². The van der Waals surface area contributed by atoms with E-state index in [4.69, 9.17) is 9.16 Å². The van der Waals surface area contributed by atoms with Gasteiger partial charge in [-0.05, 0) is 67.9 Å². The van der Waals surface area contributed by atoms with E-state index in [-0.39, 0.29) is 24.6 Å². The highest BCUT2D eigenvalue weighted by molar-refractivity contribution is 14.1. The molecule has 32 heavy (non-hydrogen) atoms. The standard InChI is InChI=1S/C21H36IN3O6Si/c1-10-21(17(27)28)14-15(26)24(18(29)31-19(2,3)4)11-13(25(14)23-16(21)22)12-30-32(8,9)20(5,6)7/h13-14H,10-12H2,1-9H3,(H,27,28). The number of fused-ring (bicyclic) bond motifs is 1. The van der Waals surface area contributed by atoms with Crippen LogP contribution in [0.5, 0.6) is 0 Å². The molecule has 0 aromatic heterocycles. The zero-order valence-electron chi connectivity index (χ0n) is 20.5. The molecule has 0 aromatic rings. The van der Waals surface area contributed by atoms with E-state index in [2.05, 4.69) is 39.0 Å². The number of carboxylic acid groups (broad SMARTS) is 1. The van der Waals surface area contributed by atoms with E-state index in [1.54, 1.807) is 32.7 Å². The fourth-order valence-electron chi connectivity index (χ4n) is 3.56. The van der Waals surface area contributed by atoms with Crippen molar-refractivity contribution in [3.63, 3.8) is 0 Å². The fourth-order valence-corrected chi connectivity index (χ4v) is 5.76. The number of halogens is 1. The highest BCUT2D eigenvalue weighted by Crippen LogP contribution is 2.45. The minimum absolute atomic E-state index is 0.0195. The Morgan fingerprint density at radius 2 is 1.81 bits per heavy atom. The second kappa shape index (κ2) is 8.86. The molecule has 0 spiro atoms. The Balaban J connectivity index is 2.47. The van der Waals surface area contributed by atoms with Crippen LogP contribution in [0, 0.1) is 5.41 Å². The molecule has 3 atom stereocenters. The summed E-state index contributed by atoms with van der Waals surface area (Å²) in [7, 11) is -2.13. The third kappa shape index (κ3) is 4.84. The van der Waals surface area contributed by atoms with E-state index < -0.39 is 49.4 Å². The van der Waals surface area contributed by atoms with E-state index in [1.807, 2.05) is 22.6 Å². The van der Waals surface area contributed by atoms with Crippen LogP contribution < -0.4 is 0 Å². The first kappa shape index (κ1) is 27.0. The summed E-state index contributed by atoms with van der Waals surface area (Å²) in [6.07, 6.45) is -0.619. The number of rotatable bonds is 5. The Morgan fingerprint density at radius 3 is 2.25 bits per heavy atom. The lowest BCUT2D eigenvalue weighted by Crippen LogP contribution is -2.67. The van der Waals surface area contributed by atoms with Gasteiger partial charge in [0.05, 0.1) is 19.2 Å². The predicted octanol–water partition coefficient (Wildman–Crippen LogP) is 4.07. The molecule has 2 amide bonds. The maximum Gasteiger partial charge on any atom is 0.417 e. The van der Waals surface area contributed by atoms with Gasteiger partial charge in [-0.2, -0.15) is 5.10 Å². The molecule has 9 nitrogen and oxygen atoms in total. The minimum atomic E-state index is -2.13. The zero-order valence-corrected chi connectivity index (χ0v) is 23.6. The Kier molecular flexibility index (Phi) is 7.48. The van der Waals surface area contributed by atoms with Crippen LogP contribution in [0.1, 0.15) is 54.9 Å². The maximum absolute atomic E-state index is 13.5. The van der Waals surface area contributed by atoms with Gasteiger partial charge in [-0.1, -0.05) is 27.7 Å². The molecule has 2 rings (SSSR count). The van der Waals surface area contributed by atoms with Gasteiger partial charge >= 0.3 is 12.1 Å². The summed E-state index contributed by atoms with van der Waals surface area (Å²) in [5.74, 6) is -1.74. The second-order valence-corrected chi connectivity index (χ2v) is 16.8. The Hall–Kier alpha value is -1.21. The molecular formula is C21H36IN3O6Si. The van der Waals surface area contributed by atoms with E-state index in [9.17, 15) is 19.5 Å². The molecule has 1 fully saturated rings. The van der Waals surface area contributed by atoms with Gasteiger partial charge < -0.3 is 14.3 Å². The smallest absolute Gasteiger partial charge is 0.417 e. The molecule has 1 N–H and O–H groups in total. The molecule has 0 aromatic carbocycles. The Bertz CT molecular complexity index is 819. The second-order valence-electron chi connectivity index (χ2n) is 11.0. The molecular weight excluding hydrogens is 545 g/mol. The van der Waals surface area contributed by atoms with Crippen LogP contribution in [-0.4, -0.2) is 75.9 Å². The first-order chi connectivity index (χ1) is 14.4. The maximum atomic E-state index is 13.5. The van der Waals surface area contributed by atoms with Crippen LogP contribution in [-0.2, 0) is 18.8 Å². The molecule has 182 valence electrons. The van der Waals surface area contributed by atoms with Crippen LogP contribution in [0.2, 0.25) is 18.1 Å². The van der Waals surface area contributed by atoms with Gasteiger partial charge in [-0.25, -0.2) is 9.69 Å². The van der Waals surface area contributed by atoms with E-state index in [0.717, 1.165) is 4.90 Å². The van der Waals surface area contributed by atoms with Gasteiger partial charge in [-0.3, -0.25) is 14.6 Å². The van der Waals surface area contributed by atoms with Gasteiger partial charge in [0.1, 0.15) is 20.8 Å². The normalized spacial score (nSPS) is 26.7. The monoisotopic (exact) mass is 581 g/mol. The molecule has 0 bridgehead atoms.